The number of nitrogens with zero attached hydrogens (tertiary/aromatic N) is 2. The molecule has 2 heterocycles. The Balaban J connectivity index is 1.57. The average molecular weight is 337 g/mol. The molecule has 0 bridgehead atoms. The highest BCUT2D eigenvalue weighted by Crippen LogP contribution is 2.23. The zero-order chi connectivity index (χ0) is 16.4. The first-order chi connectivity index (χ1) is 11.1. The molecule has 3 rings (SSSR count). The molecular weight excluding hydrogens is 319 g/mol. The van der Waals surface area contributed by atoms with Crippen LogP contribution < -0.4 is 10.6 Å². The molecule has 0 aromatic heterocycles. The lowest BCUT2D eigenvalue weighted by Crippen LogP contribution is -2.42. The minimum atomic E-state index is -0.893. The summed E-state index contributed by atoms with van der Waals surface area (Å²) >= 11 is 6.02. The van der Waals surface area contributed by atoms with E-state index in [1.54, 1.807) is 23.1 Å². The summed E-state index contributed by atoms with van der Waals surface area (Å²) in [5.74, 6) is -0.0210. The topological polar surface area (TPSA) is 68.2 Å². The van der Waals surface area contributed by atoms with Crippen molar-refractivity contribution < 1.29 is 9.18 Å². The molecule has 1 aromatic rings. The van der Waals surface area contributed by atoms with Gasteiger partial charge in [-0.15, -0.1) is 0 Å². The Bertz CT molecular complexity index is 647. The maximum absolute atomic E-state index is 13.2. The number of rotatable bonds is 3. The van der Waals surface area contributed by atoms with Crippen molar-refractivity contribution in [1.82, 2.24) is 10.2 Å². The summed E-state index contributed by atoms with van der Waals surface area (Å²) in [6.07, 6.45) is 0.184. The normalized spacial score (nSPS) is 27.0. The first kappa shape index (κ1) is 16.0. The highest BCUT2D eigenvalue weighted by Gasteiger charge is 2.35. The van der Waals surface area contributed by atoms with Crippen LogP contribution in [0.25, 0.3) is 0 Å². The van der Waals surface area contributed by atoms with E-state index in [4.69, 9.17) is 16.9 Å². The number of halogens is 2. The summed E-state index contributed by atoms with van der Waals surface area (Å²) in [6, 6.07) is 7.02. The van der Waals surface area contributed by atoms with Crippen LogP contribution in [0.15, 0.2) is 18.2 Å². The number of hydrogen-bond acceptors (Lipinski definition) is 4. The number of nitrogens with one attached hydrogen (secondary N) is 2. The molecule has 5 nitrogen and oxygen atoms in total. The van der Waals surface area contributed by atoms with E-state index >= 15 is 0 Å². The monoisotopic (exact) mass is 336 g/mol. The van der Waals surface area contributed by atoms with E-state index in [1.165, 1.54) is 0 Å². The van der Waals surface area contributed by atoms with Crippen molar-refractivity contribution in [1.29, 1.82) is 5.26 Å². The van der Waals surface area contributed by atoms with E-state index in [2.05, 4.69) is 10.6 Å². The predicted molar refractivity (Wildman–Crippen MR) is 86.1 cm³/mol. The Morgan fingerprint density at radius 1 is 1.52 bits per heavy atom. The van der Waals surface area contributed by atoms with Crippen molar-refractivity contribution in [2.24, 2.45) is 0 Å². The molecule has 2 fully saturated rings. The number of benzene rings is 1. The Morgan fingerprint density at radius 3 is 3.00 bits per heavy atom. The first-order valence-electron chi connectivity index (χ1n) is 7.69. The summed E-state index contributed by atoms with van der Waals surface area (Å²) < 4.78 is 13.2. The third kappa shape index (κ3) is 3.57. The van der Waals surface area contributed by atoms with E-state index in [0.29, 0.717) is 36.5 Å². The number of amides is 1. The number of alkyl halides is 1. The van der Waals surface area contributed by atoms with Crippen LogP contribution >= 0.6 is 11.6 Å². The second kappa shape index (κ2) is 6.73. The first-order valence-corrected chi connectivity index (χ1v) is 8.07. The van der Waals surface area contributed by atoms with Gasteiger partial charge < -0.3 is 15.5 Å². The average Bonchev–Trinajstić information content (AvgIpc) is 3.16. The fourth-order valence-electron chi connectivity index (χ4n) is 3.10. The van der Waals surface area contributed by atoms with Crippen LogP contribution in [0, 0.1) is 11.3 Å². The van der Waals surface area contributed by atoms with Gasteiger partial charge in [-0.3, -0.25) is 4.79 Å². The van der Waals surface area contributed by atoms with Crippen molar-refractivity contribution >= 4 is 23.2 Å². The van der Waals surface area contributed by atoms with E-state index in [-0.39, 0.29) is 24.5 Å². The molecule has 1 aromatic carbocycles. The van der Waals surface area contributed by atoms with Gasteiger partial charge in [-0.1, -0.05) is 11.6 Å². The lowest BCUT2D eigenvalue weighted by Gasteiger charge is -2.20. The molecule has 1 amide bonds. The van der Waals surface area contributed by atoms with E-state index < -0.39 is 6.17 Å². The van der Waals surface area contributed by atoms with Crippen molar-refractivity contribution in [3.8, 4) is 6.07 Å². The smallest absolute Gasteiger partial charge is 0.239 e. The number of nitriles is 1. The molecule has 122 valence electrons. The van der Waals surface area contributed by atoms with Crippen LogP contribution in [0.1, 0.15) is 18.4 Å². The van der Waals surface area contributed by atoms with Gasteiger partial charge in [0.05, 0.1) is 23.2 Å². The fourth-order valence-corrected chi connectivity index (χ4v) is 3.33. The zero-order valence-electron chi connectivity index (χ0n) is 12.6. The van der Waals surface area contributed by atoms with E-state index in [1.807, 2.05) is 6.07 Å². The zero-order valence-corrected chi connectivity index (χ0v) is 13.3. The minimum Gasteiger partial charge on any atom is -0.381 e. The quantitative estimate of drug-likeness (QED) is 0.885. The van der Waals surface area contributed by atoms with Crippen LogP contribution in [0.2, 0.25) is 5.02 Å². The molecule has 0 saturated carbocycles. The number of likely N-dealkylation sites (tertiary alicyclic amines) is 1. The summed E-state index contributed by atoms with van der Waals surface area (Å²) in [4.78, 5) is 13.9. The molecule has 2 aliphatic heterocycles. The maximum atomic E-state index is 13.2. The Morgan fingerprint density at radius 2 is 2.35 bits per heavy atom. The fraction of sp³-hybridized carbons (Fsp3) is 0.500. The molecular formula is C16H18ClFN4O. The van der Waals surface area contributed by atoms with Crippen molar-refractivity contribution in [2.45, 2.75) is 31.1 Å². The number of anilines is 1. The van der Waals surface area contributed by atoms with Gasteiger partial charge in [0.2, 0.25) is 5.91 Å². The van der Waals surface area contributed by atoms with Gasteiger partial charge in [0.15, 0.2) is 0 Å². The number of carbonyl (C=O) groups excluding carboxylic acids is 1. The van der Waals surface area contributed by atoms with Crippen molar-refractivity contribution in [3.63, 3.8) is 0 Å². The molecule has 0 spiro atoms. The Hall–Kier alpha value is -1.84. The maximum Gasteiger partial charge on any atom is 0.239 e. The van der Waals surface area contributed by atoms with E-state index in [0.717, 1.165) is 5.69 Å². The van der Waals surface area contributed by atoms with Crippen LogP contribution in [0.5, 0.6) is 0 Å². The highest BCUT2D eigenvalue weighted by molar-refractivity contribution is 6.32. The van der Waals surface area contributed by atoms with Gasteiger partial charge in [-0.2, -0.15) is 5.26 Å². The van der Waals surface area contributed by atoms with Crippen molar-refractivity contribution in [3.05, 3.63) is 28.8 Å². The van der Waals surface area contributed by atoms with Crippen molar-refractivity contribution in [2.75, 3.05) is 25.0 Å². The van der Waals surface area contributed by atoms with Gasteiger partial charge in [-0.05, 0) is 31.0 Å². The molecule has 2 aliphatic rings. The molecule has 2 saturated heterocycles. The lowest BCUT2D eigenvalue weighted by atomic mass is 10.1. The van der Waals surface area contributed by atoms with Crippen LogP contribution in [0.4, 0.5) is 10.1 Å². The van der Waals surface area contributed by atoms with Crippen LogP contribution in [-0.2, 0) is 4.79 Å². The molecule has 2 N–H and O–H groups in total. The summed E-state index contributed by atoms with van der Waals surface area (Å²) in [6.45, 7) is 1.36. The SMILES string of the molecule is N#Cc1ccc(N[C@@H]2CN[C@H](C(=O)N3CCC(F)C3)C2)cc1Cl. The molecule has 23 heavy (non-hydrogen) atoms. The lowest BCUT2D eigenvalue weighted by molar-refractivity contribution is -0.132. The largest absolute Gasteiger partial charge is 0.381 e. The molecule has 1 unspecified atom stereocenters. The molecule has 0 radical (unpaired) electrons. The Labute approximate surface area is 139 Å². The molecule has 0 aliphatic carbocycles. The second-order valence-corrected chi connectivity index (χ2v) is 6.42. The third-order valence-electron chi connectivity index (χ3n) is 4.33. The van der Waals surface area contributed by atoms with Gasteiger partial charge >= 0.3 is 0 Å². The summed E-state index contributed by atoms with van der Waals surface area (Å²) in [5.41, 5.74) is 1.25. The standard InChI is InChI=1S/C16H18ClFN4O/c17-14-5-12(2-1-10(14)7-19)21-13-6-15(20-8-13)16(23)22-4-3-11(18)9-22/h1-2,5,11,13,15,20-21H,3-4,6,8-9H2/t11?,13-,15-/m0/s1. The second-order valence-electron chi connectivity index (χ2n) is 6.01. The molecule has 3 atom stereocenters. The minimum absolute atomic E-state index is 0.0210. The van der Waals surface area contributed by atoms with Gasteiger partial charge in [0, 0.05) is 24.8 Å². The highest BCUT2D eigenvalue weighted by atomic mass is 35.5. The van der Waals surface area contributed by atoms with Gasteiger partial charge in [0.25, 0.3) is 0 Å². The molecule has 7 heteroatoms. The van der Waals surface area contributed by atoms with Gasteiger partial charge in [0.1, 0.15) is 12.2 Å². The van der Waals surface area contributed by atoms with Gasteiger partial charge in [-0.25, -0.2) is 4.39 Å². The summed E-state index contributed by atoms with van der Waals surface area (Å²) in [7, 11) is 0. The Kier molecular flexibility index (Phi) is 4.69. The van der Waals surface area contributed by atoms with E-state index in [9.17, 15) is 9.18 Å². The third-order valence-corrected chi connectivity index (χ3v) is 4.64. The van der Waals surface area contributed by atoms with Crippen LogP contribution in [-0.4, -0.2) is 48.7 Å². The predicted octanol–water partition coefficient (Wildman–Crippen LogP) is 1.92. The number of hydrogen-bond donors (Lipinski definition) is 2. The van der Waals surface area contributed by atoms with Crippen LogP contribution in [0.3, 0.4) is 0 Å². The number of carbonyl (C=O) groups is 1. The summed E-state index contributed by atoms with van der Waals surface area (Å²) in [5, 5.41) is 15.8.